The quantitative estimate of drug-likeness (QED) is 0.478. The first-order valence-corrected chi connectivity index (χ1v) is 11.7. The molecule has 0 amide bonds. The molecule has 0 bridgehead atoms. The molecule has 2 aromatic carbocycles. The van der Waals surface area contributed by atoms with Crippen LogP contribution >= 0.6 is 15.9 Å². The number of nitriles is 1. The fraction of sp³-hybridized carbons (Fsp3) is 0.320. The molecule has 0 saturated carbocycles. The average molecular weight is 510 g/mol. The fourth-order valence-electron chi connectivity index (χ4n) is 4.14. The van der Waals surface area contributed by atoms with Crippen LogP contribution in [0, 0.1) is 31.0 Å². The summed E-state index contributed by atoms with van der Waals surface area (Å²) in [5, 5.41) is 12.6. The summed E-state index contributed by atoms with van der Waals surface area (Å²) in [4.78, 5) is 11.5. The van der Waals surface area contributed by atoms with Crippen molar-refractivity contribution in [3.05, 3.63) is 75.1 Å². The molecule has 1 fully saturated rings. The van der Waals surface area contributed by atoms with Gasteiger partial charge in [0.05, 0.1) is 22.3 Å². The first-order valence-electron chi connectivity index (χ1n) is 10.9. The summed E-state index contributed by atoms with van der Waals surface area (Å²) in [6.07, 6.45) is 3.57. The summed E-state index contributed by atoms with van der Waals surface area (Å²) in [6, 6.07) is 12.6. The van der Waals surface area contributed by atoms with Crippen molar-refractivity contribution < 1.29 is 9.13 Å². The molecular weight excluding hydrogens is 485 g/mol. The lowest BCUT2D eigenvalue weighted by Gasteiger charge is -2.35. The number of nitrogens with one attached hydrogen (secondary N) is 1. The van der Waals surface area contributed by atoms with E-state index in [1.165, 1.54) is 6.07 Å². The van der Waals surface area contributed by atoms with Crippen LogP contribution in [0.25, 0.3) is 0 Å². The van der Waals surface area contributed by atoms with Gasteiger partial charge in [-0.2, -0.15) is 10.2 Å². The third kappa shape index (κ3) is 5.49. The third-order valence-corrected chi connectivity index (χ3v) is 6.28. The van der Waals surface area contributed by atoms with E-state index in [0.717, 1.165) is 42.6 Å². The number of anilines is 1. The van der Waals surface area contributed by atoms with Crippen LogP contribution in [0.4, 0.5) is 10.3 Å². The number of hydrogen-bond donors (Lipinski definition) is 1. The Kier molecular flexibility index (Phi) is 7.21. The summed E-state index contributed by atoms with van der Waals surface area (Å²) in [5.41, 5.74) is 3.16. The molecule has 0 radical (unpaired) electrons. The normalized spacial score (nSPS) is 14.0. The van der Waals surface area contributed by atoms with E-state index in [1.807, 2.05) is 19.9 Å². The zero-order valence-corrected chi connectivity index (χ0v) is 20.2. The molecule has 0 atom stereocenters. The molecule has 170 valence electrons. The molecule has 0 unspecified atom stereocenters. The Labute approximate surface area is 201 Å². The Morgan fingerprint density at radius 2 is 1.94 bits per heavy atom. The molecule has 6 nitrogen and oxygen atoms in total. The van der Waals surface area contributed by atoms with Crippen molar-refractivity contribution >= 4 is 21.9 Å². The number of aryl methyl sites for hydroxylation is 2. The minimum Gasteiger partial charge on any atom is -0.437 e. The number of aromatic nitrogens is 2. The molecule has 1 N–H and O–H groups in total. The average Bonchev–Trinajstić information content (AvgIpc) is 2.81. The highest BCUT2D eigenvalue weighted by atomic mass is 79.9. The Morgan fingerprint density at radius 3 is 2.61 bits per heavy atom. The van der Waals surface area contributed by atoms with Gasteiger partial charge in [0.1, 0.15) is 11.6 Å². The minimum atomic E-state index is -0.259. The van der Waals surface area contributed by atoms with Gasteiger partial charge in [0, 0.05) is 12.6 Å². The topological polar surface area (TPSA) is 74.1 Å². The predicted molar refractivity (Wildman–Crippen MR) is 129 cm³/mol. The van der Waals surface area contributed by atoms with E-state index in [9.17, 15) is 9.65 Å². The van der Waals surface area contributed by atoms with Crippen LogP contribution in [0.3, 0.4) is 0 Å². The van der Waals surface area contributed by atoms with Crippen LogP contribution < -0.4 is 15.0 Å². The van der Waals surface area contributed by atoms with Crippen molar-refractivity contribution in [2.24, 2.45) is 0 Å². The van der Waals surface area contributed by atoms with E-state index in [2.05, 4.69) is 37.2 Å². The number of hydrogen-bond acceptors (Lipinski definition) is 6. The molecule has 1 aliphatic heterocycles. The lowest BCUT2D eigenvalue weighted by atomic mass is 10.0. The van der Waals surface area contributed by atoms with Crippen LogP contribution in [0.1, 0.15) is 35.1 Å². The maximum Gasteiger partial charge on any atom is 0.238 e. The second-order valence-electron chi connectivity index (χ2n) is 8.22. The third-order valence-electron chi connectivity index (χ3n) is 5.74. The molecular formula is C25H25BrFN5O. The van der Waals surface area contributed by atoms with Crippen molar-refractivity contribution in [2.75, 3.05) is 18.0 Å². The molecule has 1 saturated heterocycles. The molecule has 0 aliphatic carbocycles. The number of nitrogens with zero attached hydrogens (tertiary/aromatic N) is 4. The maximum atomic E-state index is 13.8. The number of ether oxygens (including phenoxy) is 1. The monoisotopic (exact) mass is 509 g/mol. The number of rotatable bonds is 6. The summed E-state index contributed by atoms with van der Waals surface area (Å²) >= 11 is 3.51. The summed E-state index contributed by atoms with van der Waals surface area (Å²) in [7, 11) is 0. The lowest BCUT2D eigenvalue weighted by molar-refractivity contribution is 0.417. The van der Waals surface area contributed by atoms with E-state index in [1.54, 1.807) is 30.5 Å². The van der Waals surface area contributed by atoms with Gasteiger partial charge in [-0.15, -0.1) is 0 Å². The first kappa shape index (κ1) is 23.1. The van der Waals surface area contributed by atoms with Gasteiger partial charge >= 0.3 is 0 Å². The molecule has 1 aliphatic rings. The zero-order valence-electron chi connectivity index (χ0n) is 18.6. The summed E-state index contributed by atoms with van der Waals surface area (Å²) in [6.45, 7) is 6.13. The Balaban J connectivity index is 1.68. The number of benzene rings is 2. The van der Waals surface area contributed by atoms with E-state index in [0.29, 0.717) is 34.2 Å². The van der Waals surface area contributed by atoms with Gasteiger partial charge in [-0.3, -0.25) is 0 Å². The van der Waals surface area contributed by atoms with Crippen molar-refractivity contribution in [3.63, 3.8) is 0 Å². The van der Waals surface area contributed by atoms with E-state index >= 15 is 0 Å². The van der Waals surface area contributed by atoms with Crippen LogP contribution in [0.15, 0.2) is 47.1 Å². The second kappa shape index (κ2) is 10.3. The van der Waals surface area contributed by atoms with Gasteiger partial charge in [0.2, 0.25) is 11.8 Å². The van der Waals surface area contributed by atoms with Gasteiger partial charge in [-0.05, 0) is 96.7 Å². The summed E-state index contributed by atoms with van der Waals surface area (Å²) in [5.74, 6) is 1.34. The predicted octanol–water partition coefficient (Wildman–Crippen LogP) is 5.42. The standard InChI is InChI=1S/C25H25BrFN5O/c1-16-10-19(13-28)11-17(2)23(16)33-24-22(26)14-30-25(31-24)32(21-6-8-29-9-7-21)15-18-4-3-5-20(27)12-18/h3-5,10-12,14,21,29H,6-9,15H2,1-2H3. The van der Waals surface area contributed by atoms with Gasteiger partial charge in [0.15, 0.2) is 0 Å². The highest BCUT2D eigenvalue weighted by molar-refractivity contribution is 9.10. The lowest BCUT2D eigenvalue weighted by Crippen LogP contribution is -2.43. The van der Waals surface area contributed by atoms with E-state index in [-0.39, 0.29) is 11.9 Å². The highest BCUT2D eigenvalue weighted by Crippen LogP contribution is 2.34. The molecule has 3 aromatic rings. The van der Waals surface area contributed by atoms with Gasteiger partial charge < -0.3 is 15.0 Å². The first-order chi connectivity index (χ1) is 15.9. The molecule has 0 spiro atoms. The molecule has 8 heteroatoms. The summed E-state index contributed by atoms with van der Waals surface area (Å²) < 4.78 is 20.7. The fourth-order valence-corrected chi connectivity index (χ4v) is 4.41. The van der Waals surface area contributed by atoms with Crippen molar-refractivity contribution in [2.45, 2.75) is 39.3 Å². The maximum absolute atomic E-state index is 13.8. The zero-order chi connectivity index (χ0) is 23.4. The second-order valence-corrected chi connectivity index (χ2v) is 9.07. The largest absolute Gasteiger partial charge is 0.437 e. The van der Waals surface area contributed by atoms with Crippen LogP contribution in [-0.4, -0.2) is 29.1 Å². The Hall–Kier alpha value is -3.02. The Morgan fingerprint density at radius 1 is 1.21 bits per heavy atom. The molecule has 2 heterocycles. The SMILES string of the molecule is Cc1cc(C#N)cc(C)c1Oc1nc(N(Cc2cccc(F)c2)C2CCNCC2)ncc1Br. The van der Waals surface area contributed by atoms with Crippen molar-refractivity contribution in [1.29, 1.82) is 5.26 Å². The van der Waals surface area contributed by atoms with Crippen molar-refractivity contribution in [1.82, 2.24) is 15.3 Å². The molecule has 33 heavy (non-hydrogen) atoms. The van der Waals surface area contributed by atoms with E-state index < -0.39 is 0 Å². The smallest absolute Gasteiger partial charge is 0.238 e. The van der Waals surface area contributed by atoms with Crippen LogP contribution in [0.5, 0.6) is 11.6 Å². The van der Waals surface area contributed by atoms with Gasteiger partial charge in [-0.1, -0.05) is 12.1 Å². The van der Waals surface area contributed by atoms with Crippen LogP contribution in [-0.2, 0) is 6.54 Å². The van der Waals surface area contributed by atoms with Crippen molar-refractivity contribution in [3.8, 4) is 17.7 Å². The number of piperidine rings is 1. The molecule has 1 aromatic heterocycles. The number of halogens is 2. The minimum absolute atomic E-state index is 0.224. The van der Waals surface area contributed by atoms with E-state index in [4.69, 9.17) is 9.72 Å². The van der Waals surface area contributed by atoms with Crippen LogP contribution in [0.2, 0.25) is 0 Å². The molecule has 4 rings (SSSR count). The Bertz CT molecular complexity index is 1170. The van der Waals surface area contributed by atoms with Gasteiger partial charge in [-0.25, -0.2) is 9.37 Å². The van der Waals surface area contributed by atoms with Gasteiger partial charge in [0.25, 0.3) is 0 Å². The highest BCUT2D eigenvalue weighted by Gasteiger charge is 2.25.